The molecule has 0 fully saturated rings. The molecular formula is C12H26O6. The van der Waals surface area contributed by atoms with Crippen molar-refractivity contribution in [2.24, 2.45) is 0 Å². The molecule has 0 aromatic carbocycles. The first-order valence-corrected chi connectivity index (χ1v) is 6.36. The van der Waals surface area contributed by atoms with E-state index in [1.807, 2.05) is 27.7 Å². The van der Waals surface area contributed by atoms with Gasteiger partial charge in [0, 0.05) is 0 Å². The molecule has 0 spiro atoms. The average Bonchev–Trinajstić information content (AvgIpc) is 2.22. The van der Waals surface area contributed by atoms with Crippen LogP contribution in [0.25, 0.3) is 0 Å². The van der Waals surface area contributed by atoms with Crippen LogP contribution in [-0.4, -0.2) is 11.2 Å². The highest BCUT2D eigenvalue weighted by Crippen LogP contribution is 2.18. The summed E-state index contributed by atoms with van der Waals surface area (Å²) in [5.41, 5.74) is -0.888. The van der Waals surface area contributed by atoms with Crippen molar-refractivity contribution < 1.29 is 29.9 Å². The van der Waals surface area contributed by atoms with Gasteiger partial charge in [0.15, 0.2) is 0 Å². The predicted octanol–water partition coefficient (Wildman–Crippen LogP) is 3.82. The second-order valence-corrected chi connectivity index (χ2v) is 5.46. The van der Waals surface area contributed by atoms with Crippen molar-refractivity contribution in [3.05, 3.63) is 0 Å². The molecule has 18 heavy (non-hydrogen) atoms. The van der Waals surface area contributed by atoms with E-state index in [1.165, 1.54) is 0 Å². The Bertz CT molecular complexity index is 183. The highest BCUT2D eigenvalue weighted by Gasteiger charge is 2.21. The molecule has 6 heteroatoms. The highest BCUT2D eigenvalue weighted by molar-refractivity contribution is 4.64. The van der Waals surface area contributed by atoms with E-state index >= 15 is 0 Å². The first-order valence-electron chi connectivity index (χ1n) is 6.36. The first kappa shape index (κ1) is 17.8. The number of rotatable bonds is 11. The van der Waals surface area contributed by atoms with Crippen LogP contribution in [0.3, 0.4) is 0 Å². The van der Waals surface area contributed by atoms with Gasteiger partial charge in [0.1, 0.15) is 11.2 Å². The van der Waals surface area contributed by atoms with Crippen LogP contribution in [0.5, 0.6) is 0 Å². The minimum atomic E-state index is -0.444. The normalized spacial score (nSPS) is 13.0. The van der Waals surface area contributed by atoms with Gasteiger partial charge in [0.05, 0.1) is 0 Å². The summed E-state index contributed by atoms with van der Waals surface area (Å²) >= 11 is 0. The fraction of sp³-hybridized carbons (Fsp3) is 1.00. The fourth-order valence-electron chi connectivity index (χ4n) is 1.52. The molecule has 0 amide bonds. The van der Waals surface area contributed by atoms with Crippen molar-refractivity contribution in [1.29, 1.82) is 0 Å². The van der Waals surface area contributed by atoms with Gasteiger partial charge in [-0.1, -0.05) is 26.7 Å². The van der Waals surface area contributed by atoms with Gasteiger partial charge in [-0.3, -0.25) is 0 Å². The third-order valence-corrected chi connectivity index (χ3v) is 2.31. The summed E-state index contributed by atoms with van der Waals surface area (Å²) in [4.78, 5) is 9.93. The summed E-state index contributed by atoms with van der Waals surface area (Å²) < 4.78 is 0. The van der Waals surface area contributed by atoms with Crippen molar-refractivity contribution in [2.45, 2.75) is 78.4 Å². The van der Waals surface area contributed by atoms with Crippen LogP contribution in [0.1, 0.15) is 67.2 Å². The summed E-state index contributed by atoms with van der Waals surface area (Å²) in [6.45, 7) is 11.6. The van der Waals surface area contributed by atoms with Gasteiger partial charge >= 0.3 is 0 Å². The van der Waals surface area contributed by atoms with Gasteiger partial charge in [0.25, 0.3) is 0 Å². The molecule has 0 saturated carbocycles. The topological polar surface area (TPSA) is 55.4 Å². The number of hydrogen-bond acceptors (Lipinski definition) is 6. The van der Waals surface area contributed by atoms with E-state index in [4.69, 9.17) is 9.78 Å². The lowest BCUT2D eigenvalue weighted by atomic mass is 10.0. The van der Waals surface area contributed by atoms with Crippen LogP contribution >= 0.6 is 0 Å². The van der Waals surface area contributed by atoms with Crippen LogP contribution in [0.15, 0.2) is 0 Å². The molecule has 0 aromatic rings. The number of hydrogen-bond donors (Lipinski definition) is 0. The molecule has 0 aliphatic rings. The lowest BCUT2D eigenvalue weighted by Gasteiger charge is -2.22. The van der Waals surface area contributed by atoms with E-state index < -0.39 is 11.2 Å². The quantitative estimate of drug-likeness (QED) is 0.322. The SMILES string of the molecule is CCCC(C)(C)OOOOOOC(C)(C)CCC. The van der Waals surface area contributed by atoms with Crippen LogP contribution in [0, 0.1) is 0 Å². The smallest absolute Gasteiger partial charge is 0.101 e. The van der Waals surface area contributed by atoms with Crippen LogP contribution in [-0.2, 0) is 29.9 Å². The summed E-state index contributed by atoms with van der Waals surface area (Å²) in [6, 6.07) is 0. The molecule has 0 aromatic heterocycles. The van der Waals surface area contributed by atoms with Crippen molar-refractivity contribution >= 4 is 0 Å². The zero-order valence-electron chi connectivity index (χ0n) is 12.3. The van der Waals surface area contributed by atoms with Crippen molar-refractivity contribution in [3.8, 4) is 0 Å². The standard InChI is InChI=1S/C12H26O6/c1-7-9-11(3,4)13-15-17-18-16-14-12(5,6)10-8-2/h7-10H2,1-6H3. The van der Waals surface area contributed by atoms with Crippen molar-refractivity contribution in [1.82, 2.24) is 0 Å². The molecule has 0 saturated heterocycles. The van der Waals surface area contributed by atoms with Gasteiger partial charge in [-0.15, -0.1) is 0 Å². The maximum Gasteiger partial charge on any atom is 0.101 e. The summed E-state index contributed by atoms with van der Waals surface area (Å²) in [7, 11) is 0. The molecular weight excluding hydrogens is 240 g/mol. The minimum absolute atomic E-state index is 0.444. The predicted molar refractivity (Wildman–Crippen MR) is 64.5 cm³/mol. The lowest BCUT2D eigenvalue weighted by Crippen LogP contribution is -2.26. The first-order chi connectivity index (χ1) is 8.33. The van der Waals surface area contributed by atoms with E-state index in [-0.39, 0.29) is 0 Å². The van der Waals surface area contributed by atoms with Gasteiger partial charge in [-0.25, -0.2) is 0 Å². The molecule has 0 N–H and O–H groups in total. The molecule has 0 atom stereocenters. The van der Waals surface area contributed by atoms with Gasteiger partial charge < -0.3 is 0 Å². The van der Waals surface area contributed by atoms with Gasteiger partial charge in [-0.05, 0) is 60.7 Å². The van der Waals surface area contributed by atoms with Gasteiger partial charge in [0.2, 0.25) is 0 Å². The molecule has 0 aliphatic carbocycles. The monoisotopic (exact) mass is 266 g/mol. The van der Waals surface area contributed by atoms with E-state index in [0.717, 1.165) is 25.7 Å². The molecule has 6 nitrogen and oxygen atoms in total. The second-order valence-electron chi connectivity index (χ2n) is 5.46. The van der Waals surface area contributed by atoms with E-state index in [9.17, 15) is 0 Å². The Hall–Kier alpha value is -0.240. The molecule has 0 heterocycles. The summed E-state index contributed by atoms with van der Waals surface area (Å²) in [6.07, 6.45) is 3.61. The zero-order valence-corrected chi connectivity index (χ0v) is 12.3. The van der Waals surface area contributed by atoms with Crippen LogP contribution in [0.4, 0.5) is 0 Å². The molecule has 0 aliphatic heterocycles. The minimum Gasteiger partial charge on any atom is -0.198 e. The fourth-order valence-corrected chi connectivity index (χ4v) is 1.52. The highest BCUT2D eigenvalue weighted by atomic mass is 17.8. The Labute approximate surface area is 109 Å². The molecule has 0 unspecified atom stereocenters. The Morgan fingerprint density at radius 3 is 1.22 bits per heavy atom. The summed E-state index contributed by atoms with van der Waals surface area (Å²) in [5.74, 6) is 0. The van der Waals surface area contributed by atoms with E-state index in [0.29, 0.717) is 0 Å². The van der Waals surface area contributed by atoms with Gasteiger partial charge in [-0.2, -0.15) is 9.78 Å². The largest absolute Gasteiger partial charge is 0.198 e. The van der Waals surface area contributed by atoms with E-state index in [2.05, 4.69) is 34.0 Å². The molecule has 110 valence electrons. The Kier molecular flexibility index (Phi) is 8.67. The molecule has 0 rings (SSSR count). The Morgan fingerprint density at radius 2 is 0.944 bits per heavy atom. The van der Waals surface area contributed by atoms with Crippen LogP contribution < -0.4 is 0 Å². The third kappa shape index (κ3) is 9.76. The van der Waals surface area contributed by atoms with Crippen molar-refractivity contribution in [3.63, 3.8) is 0 Å². The summed E-state index contributed by atoms with van der Waals surface area (Å²) in [5, 5.41) is 17.2. The molecule has 0 bridgehead atoms. The second kappa shape index (κ2) is 8.79. The van der Waals surface area contributed by atoms with Crippen molar-refractivity contribution in [2.75, 3.05) is 0 Å². The molecule has 0 radical (unpaired) electrons. The Balaban J connectivity index is 3.52. The average molecular weight is 266 g/mol. The Morgan fingerprint density at radius 1 is 0.611 bits per heavy atom. The lowest BCUT2D eigenvalue weighted by molar-refractivity contribution is -0.768. The maximum absolute atomic E-state index is 4.97. The maximum atomic E-state index is 4.97. The zero-order chi connectivity index (χ0) is 14.1. The van der Waals surface area contributed by atoms with Crippen LogP contribution in [0.2, 0.25) is 0 Å². The van der Waals surface area contributed by atoms with E-state index in [1.54, 1.807) is 0 Å². The third-order valence-electron chi connectivity index (χ3n) is 2.31.